The molecule has 0 unspecified atom stereocenters. The molecule has 1 fully saturated rings. The Morgan fingerprint density at radius 1 is 1.38 bits per heavy atom. The van der Waals surface area contributed by atoms with Crippen LogP contribution in [0.2, 0.25) is 0 Å². The Bertz CT molecular complexity index is 495. The standard InChI is InChI=1S/C15H20N2O3S/c18-14(13(21)10-11-6-2-1-3-7-11)16-12-8-4-5-9-17(20)15(12)19/h1-3,6-7,12-13,20-21H,4-5,8-10H2,(H,16,18)/t12-,13-/m0/s1. The Kier molecular flexibility index (Phi) is 5.64. The summed E-state index contributed by atoms with van der Waals surface area (Å²) in [4.78, 5) is 24.0. The number of amides is 2. The van der Waals surface area contributed by atoms with E-state index >= 15 is 0 Å². The second kappa shape index (κ2) is 7.47. The van der Waals surface area contributed by atoms with Crippen LogP contribution in [0.5, 0.6) is 0 Å². The average Bonchev–Trinajstić information content (AvgIpc) is 2.64. The number of rotatable bonds is 4. The van der Waals surface area contributed by atoms with Crippen molar-refractivity contribution < 1.29 is 14.8 Å². The molecule has 0 aliphatic carbocycles. The average molecular weight is 308 g/mol. The first-order chi connectivity index (χ1) is 10.1. The van der Waals surface area contributed by atoms with Gasteiger partial charge in [0.15, 0.2) is 0 Å². The van der Waals surface area contributed by atoms with Crippen molar-refractivity contribution in [2.45, 2.75) is 37.0 Å². The normalized spacial score (nSPS) is 20.8. The van der Waals surface area contributed by atoms with Crippen molar-refractivity contribution in [2.75, 3.05) is 6.54 Å². The first-order valence-electron chi connectivity index (χ1n) is 7.10. The van der Waals surface area contributed by atoms with Gasteiger partial charge in [0.2, 0.25) is 5.91 Å². The molecule has 0 bridgehead atoms. The van der Waals surface area contributed by atoms with E-state index in [9.17, 15) is 14.8 Å². The Morgan fingerprint density at radius 2 is 2.10 bits per heavy atom. The zero-order valence-electron chi connectivity index (χ0n) is 11.7. The van der Waals surface area contributed by atoms with Crippen molar-refractivity contribution in [3.05, 3.63) is 35.9 Å². The van der Waals surface area contributed by atoms with Crippen LogP contribution >= 0.6 is 12.6 Å². The SMILES string of the molecule is O=C(N[C@H]1CCCCN(O)C1=O)[C@@H](S)Cc1ccccc1. The van der Waals surface area contributed by atoms with E-state index in [0.29, 0.717) is 24.4 Å². The molecule has 1 aromatic rings. The molecule has 0 saturated carbocycles. The minimum absolute atomic E-state index is 0.282. The largest absolute Gasteiger partial charge is 0.343 e. The van der Waals surface area contributed by atoms with Crippen LogP contribution in [0, 0.1) is 0 Å². The van der Waals surface area contributed by atoms with E-state index in [1.165, 1.54) is 0 Å². The fraction of sp³-hybridized carbons (Fsp3) is 0.467. The summed E-state index contributed by atoms with van der Waals surface area (Å²) < 4.78 is 0. The van der Waals surface area contributed by atoms with Gasteiger partial charge in [0.25, 0.3) is 5.91 Å². The highest BCUT2D eigenvalue weighted by Gasteiger charge is 2.28. The van der Waals surface area contributed by atoms with Gasteiger partial charge < -0.3 is 5.32 Å². The van der Waals surface area contributed by atoms with Gasteiger partial charge >= 0.3 is 0 Å². The maximum absolute atomic E-state index is 12.1. The van der Waals surface area contributed by atoms with Gasteiger partial charge in [-0.2, -0.15) is 12.6 Å². The summed E-state index contributed by atoms with van der Waals surface area (Å²) in [6.45, 7) is 0.319. The van der Waals surface area contributed by atoms with E-state index in [-0.39, 0.29) is 5.91 Å². The molecular weight excluding hydrogens is 288 g/mol. The minimum Gasteiger partial charge on any atom is -0.343 e. The number of hydrogen-bond acceptors (Lipinski definition) is 4. The second-order valence-corrected chi connectivity index (χ2v) is 5.85. The first kappa shape index (κ1) is 15.9. The molecule has 114 valence electrons. The van der Waals surface area contributed by atoms with E-state index in [1.807, 2.05) is 30.3 Å². The van der Waals surface area contributed by atoms with Crippen molar-refractivity contribution in [3.63, 3.8) is 0 Å². The molecule has 2 rings (SSSR count). The molecule has 2 amide bonds. The Hall–Kier alpha value is -1.53. The highest BCUT2D eigenvalue weighted by atomic mass is 32.1. The number of carbonyl (C=O) groups is 2. The van der Waals surface area contributed by atoms with Crippen LogP contribution in [-0.4, -0.2) is 39.9 Å². The van der Waals surface area contributed by atoms with Crippen molar-refractivity contribution in [1.82, 2.24) is 10.4 Å². The van der Waals surface area contributed by atoms with Crippen molar-refractivity contribution in [2.24, 2.45) is 0 Å². The van der Waals surface area contributed by atoms with Crippen LogP contribution in [0.15, 0.2) is 30.3 Å². The molecule has 1 aliphatic heterocycles. The summed E-state index contributed by atoms with van der Waals surface area (Å²) in [6, 6.07) is 8.94. The monoisotopic (exact) mass is 308 g/mol. The molecule has 5 nitrogen and oxygen atoms in total. The van der Waals surface area contributed by atoms with Gasteiger partial charge in [0.1, 0.15) is 6.04 Å². The van der Waals surface area contributed by atoms with Gasteiger partial charge in [-0.1, -0.05) is 30.3 Å². The Morgan fingerprint density at radius 3 is 2.81 bits per heavy atom. The van der Waals surface area contributed by atoms with Crippen LogP contribution < -0.4 is 5.32 Å². The first-order valence-corrected chi connectivity index (χ1v) is 7.62. The van der Waals surface area contributed by atoms with Crippen LogP contribution in [0.4, 0.5) is 0 Å². The van der Waals surface area contributed by atoms with Crippen molar-refractivity contribution in [3.8, 4) is 0 Å². The topological polar surface area (TPSA) is 69.6 Å². The van der Waals surface area contributed by atoms with E-state index in [2.05, 4.69) is 17.9 Å². The maximum atomic E-state index is 12.1. The maximum Gasteiger partial charge on any atom is 0.268 e. The molecule has 1 aliphatic rings. The molecule has 1 saturated heterocycles. The van der Waals surface area contributed by atoms with Crippen molar-refractivity contribution >= 4 is 24.4 Å². The number of hydroxylamine groups is 2. The summed E-state index contributed by atoms with van der Waals surface area (Å²) >= 11 is 4.32. The molecule has 0 aromatic heterocycles. The second-order valence-electron chi connectivity index (χ2n) is 5.22. The lowest BCUT2D eigenvalue weighted by Gasteiger charge is -2.21. The van der Waals surface area contributed by atoms with Crippen LogP contribution in [0.25, 0.3) is 0 Å². The Balaban J connectivity index is 1.92. The van der Waals surface area contributed by atoms with Gasteiger partial charge in [0, 0.05) is 6.54 Å². The summed E-state index contributed by atoms with van der Waals surface area (Å²) in [5.74, 6) is -0.725. The molecule has 21 heavy (non-hydrogen) atoms. The number of nitrogens with one attached hydrogen (secondary N) is 1. The molecule has 0 radical (unpaired) electrons. The molecular formula is C15H20N2O3S. The Labute approximate surface area is 129 Å². The quantitative estimate of drug-likeness (QED) is 0.582. The molecule has 2 N–H and O–H groups in total. The number of hydrogen-bond donors (Lipinski definition) is 3. The molecule has 1 aromatic carbocycles. The van der Waals surface area contributed by atoms with Gasteiger partial charge in [0.05, 0.1) is 5.25 Å². The van der Waals surface area contributed by atoms with E-state index in [4.69, 9.17) is 0 Å². The molecule has 6 heteroatoms. The zero-order chi connectivity index (χ0) is 15.2. The number of nitrogens with zero attached hydrogens (tertiary/aromatic N) is 1. The third kappa shape index (κ3) is 4.47. The molecule has 1 heterocycles. The zero-order valence-corrected chi connectivity index (χ0v) is 12.6. The lowest BCUT2D eigenvalue weighted by Crippen LogP contribution is -2.48. The third-order valence-electron chi connectivity index (χ3n) is 3.56. The van der Waals surface area contributed by atoms with Gasteiger partial charge in [-0.05, 0) is 31.2 Å². The minimum atomic E-state index is -0.657. The molecule has 2 atom stereocenters. The number of carbonyl (C=O) groups excluding carboxylic acids is 2. The summed E-state index contributed by atoms with van der Waals surface area (Å²) in [5, 5.41) is 12.4. The van der Waals surface area contributed by atoms with Gasteiger partial charge in [-0.15, -0.1) is 0 Å². The van der Waals surface area contributed by atoms with E-state index in [1.54, 1.807) is 0 Å². The van der Waals surface area contributed by atoms with Crippen LogP contribution in [0.3, 0.4) is 0 Å². The summed E-state index contributed by atoms with van der Waals surface area (Å²) in [7, 11) is 0. The van der Waals surface area contributed by atoms with Crippen LogP contribution in [-0.2, 0) is 16.0 Å². The highest BCUT2D eigenvalue weighted by Crippen LogP contribution is 2.13. The summed E-state index contributed by atoms with van der Waals surface area (Å²) in [5.41, 5.74) is 1.02. The third-order valence-corrected chi connectivity index (χ3v) is 3.97. The predicted octanol–water partition coefficient (Wildman–Crippen LogP) is 1.41. The van der Waals surface area contributed by atoms with Gasteiger partial charge in [-0.25, -0.2) is 5.06 Å². The summed E-state index contributed by atoms with van der Waals surface area (Å²) in [6.07, 6.45) is 2.58. The fourth-order valence-electron chi connectivity index (χ4n) is 2.36. The lowest BCUT2D eigenvalue weighted by atomic mass is 10.1. The van der Waals surface area contributed by atoms with Crippen molar-refractivity contribution in [1.29, 1.82) is 0 Å². The predicted molar refractivity (Wildman–Crippen MR) is 82.2 cm³/mol. The van der Waals surface area contributed by atoms with E-state index in [0.717, 1.165) is 18.4 Å². The smallest absolute Gasteiger partial charge is 0.268 e. The number of thiol groups is 1. The number of benzene rings is 1. The van der Waals surface area contributed by atoms with Crippen LogP contribution in [0.1, 0.15) is 24.8 Å². The van der Waals surface area contributed by atoms with E-state index < -0.39 is 17.2 Å². The fourth-order valence-corrected chi connectivity index (χ4v) is 2.64. The lowest BCUT2D eigenvalue weighted by molar-refractivity contribution is -0.167. The molecule has 0 spiro atoms. The van der Waals surface area contributed by atoms with Gasteiger partial charge in [-0.3, -0.25) is 14.8 Å². The highest BCUT2D eigenvalue weighted by molar-refractivity contribution is 7.81.